The fourth-order valence-corrected chi connectivity index (χ4v) is 1.96. The molecule has 3 rings (SSSR count). The van der Waals surface area contributed by atoms with Crippen molar-refractivity contribution in [3.8, 4) is 11.4 Å². The van der Waals surface area contributed by atoms with Gasteiger partial charge in [-0.2, -0.15) is 0 Å². The first-order valence-electron chi connectivity index (χ1n) is 5.53. The van der Waals surface area contributed by atoms with Crippen LogP contribution in [0.3, 0.4) is 0 Å². The topological polar surface area (TPSA) is 66.0 Å². The number of benzene rings is 2. The Labute approximate surface area is 120 Å². The van der Waals surface area contributed by atoms with Crippen LogP contribution < -0.4 is 0 Å². The maximum atomic E-state index is 11.2. The van der Waals surface area contributed by atoms with E-state index in [2.05, 4.69) is 9.97 Å². The van der Waals surface area contributed by atoms with E-state index in [1.807, 2.05) is 24.3 Å². The minimum Gasteiger partial charge on any atom is -0.478 e. The molecule has 0 aliphatic rings. The zero-order valence-electron chi connectivity index (χ0n) is 9.72. The number of H-pyrrole nitrogens is 1. The van der Waals surface area contributed by atoms with Gasteiger partial charge in [0.2, 0.25) is 0 Å². The number of fused-ring (bicyclic) bond motifs is 1. The normalized spacial score (nSPS) is 10.1. The summed E-state index contributed by atoms with van der Waals surface area (Å²) in [5.74, 6) is -0.375. The van der Waals surface area contributed by atoms with Crippen LogP contribution >= 0.6 is 0 Å². The van der Waals surface area contributed by atoms with Gasteiger partial charge in [0.15, 0.2) is 0 Å². The molecule has 0 amide bonds. The molecule has 0 atom stereocenters. The summed E-state index contributed by atoms with van der Waals surface area (Å²) in [5, 5.41) is 9.16. The van der Waals surface area contributed by atoms with E-state index in [1.165, 1.54) is 0 Å². The number of carboxylic acids is 1. The smallest absolute Gasteiger partial charge is 0.336 e. The third-order valence-electron chi connectivity index (χ3n) is 2.80. The van der Waals surface area contributed by atoms with E-state index in [4.69, 9.17) is 5.11 Å². The molecule has 5 heteroatoms. The fourth-order valence-electron chi connectivity index (χ4n) is 1.96. The standard InChI is InChI=1S/C14H10N2O2.Cu/c17-14(18)10-6-2-1-5-9(10)13-15-11-7-3-4-8-12(11)16-13;/h1-8H,(H,15,16)(H,17,18);. The van der Waals surface area contributed by atoms with E-state index in [0.29, 0.717) is 11.4 Å². The second-order valence-electron chi connectivity index (χ2n) is 3.95. The summed E-state index contributed by atoms with van der Waals surface area (Å²) in [4.78, 5) is 18.7. The Morgan fingerprint density at radius 1 is 1.05 bits per heavy atom. The Morgan fingerprint density at radius 2 is 1.74 bits per heavy atom. The Bertz CT molecular complexity index is 704. The van der Waals surface area contributed by atoms with Crippen molar-refractivity contribution in [2.75, 3.05) is 0 Å². The van der Waals surface area contributed by atoms with Crippen LogP contribution in [0.15, 0.2) is 48.5 Å². The van der Waals surface area contributed by atoms with Gasteiger partial charge in [-0.05, 0) is 18.2 Å². The van der Waals surface area contributed by atoms with Crippen molar-refractivity contribution in [1.29, 1.82) is 0 Å². The van der Waals surface area contributed by atoms with E-state index < -0.39 is 5.97 Å². The molecule has 3 aromatic rings. The van der Waals surface area contributed by atoms with Gasteiger partial charge in [-0.3, -0.25) is 0 Å². The Balaban J connectivity index is 0.00000133. The van der Waals surface area contributed by atoms with E-state index in [-0.39, 0.29) is 22.6 Å². The van der Waals surface area contributed by atoms with Crippen molar-refractivity contribution in [3.05, 3.63) is 54.1 Å². The number of nitrogens with zero attached hydrogens (tertiary/aromatic N) is 1. The molecule has 0 saturated carbocycles. The molecule has 4 nitrogen and oxygen atoms in total. The number of aromatic nitrogens is 2. The molecule has 0 saturated heterocycles. The van der Waals surface area contributed by atoms with Crippen molar-refractivity contribution in [2.24, 2.45) is 0 Å². The number of aromatic amines is 1. The molecule has 0 aliphatic carbocycles. The molecular formula is C14H10CuN2O2. The summed E-state index contributed by atoms with van der Waals surface area (Å²) in [6.45, 7) is 0. The monoisotopic (exact) mass is 301 g/mol. The SMILES string of the molecule is O=C(O)c1ccccc1-c1nc2ccccc2[nH]1.[Cu]. The van der Waals surface area contributed by atoms with Gasteiger partial charge >= 0.3 is 5.97 Å². The minimum absolute atomic E-state index is 0. The summed E-state index contributed by atoms with van der Waals surface area (Å²) < 4.78 is 0. The van der Waals surface area contributed by atoms with Gasteiger partial charge in [-0.1, -0.05) is 30.3 Å². The second kappa shape index (κ2) is 5.26. The van der Waals surface area contributed by atoms with E-state index >= 15 is 0 Å². The van der Waals surface area contributed by atoms with Gasteiger partial charge < -0.3 is 10.1 Å². The number of hydrogen-bond donors (Lipinski definition) is 2. The summed E-state index contributed by atoms with van der Waals surface area (Å²) in [7, 11) is 0. The van der Waals surface area contributed by atoms with E-state index in [1.54, 1.807) is 24.3 Å². The van der Waals surface area contributed by atoms with E-state index in [0.717, 1.165) is 11.0 Å². The van der Waals surface area contributed by atoms with Crippen LogP contribution in [0.2, 0.25) is 0 Å². The number of imidazole rings is 1. The number of aromatic carboxylic acids is 1. The fraction of sp³-hybridized carbons (Fsp3) is 0. The van der Waals surface area contributed by atoms with Crippen LogP contribution in [-0.2, 0) is 17.1 Å². The first-order chi connectivity index (χ1) is 8.75. The molecule has 0 fully saturated rings. The zero-order valence-corrected chi connectivity index (χ0v) is 10.7. The first kappa shape index (κ1) is 13.3. The van der Waals surface area contributed by atoms with Gasteiger partial charge in [0.25, 0.3) is 0 Å². The average molecular weight is 302 g/mol. The van der Waals surface area contributed by atoms with Gasteiger partial charge in [0, 0.05) is 22.6 Å². The largest absolute Gasteiger partial charge is 0.478 e. The number of carboxylic acid groups (broad SMARTS) is 1. The molecule has 0 spiro atoms. The third kappa shape index (κ3) is 2.38. The van der Waals surface area contributed by atoms with Crippen molar-refractivity contribution < 1.29 is 27.0 Å². The number of rotatable bonds is 2. The Hall–Kier alpha value is -2.10. The maximum Gasteiger partial charge on any atom is 0.336 e. The minimum atomic E-state index is -0.953. The molecule has 0 unspecified atom stereocenters. The Kier molecular flexibility index (Phi) is 3.69. The van der Waals surface area contributed by atoms with Crippen LogP contribution in [-0.4, -0.2) is 21.0 Å². The van der Waals surface area contributed by atoms with E-state index in [9.17, 15) is 4.79 Å². The van der Waals surface area contributed by atoms with Gasteiger partial charge in [-0.15, -0.1) is 0 Å². The molecule has 99 valence electrons. The number of nitrogens with one attached hydrogen (secondary N) is 1. The molecule has 1 aromatic heterocycles. The zero-order chi connectivity index (χ0) is 12.5. The van der Waals surface area contributed by atoms with Crippen LogP contribution in [0, 0.1) is 0 Å². The van der Waals surface area contributed by atoms with Gasteiger partial charge in [0.05, 0.1) is 16.6 Å². The molecule has 0 bridgehead atoms. The van der Waals surface area contributed by atoms with Crippen LogP contribution in [0.1, 0.15) is 10.4 Å². The predicted molar refractivity (Wildman–Crippen MR) is 68.5 cm³/mol. The van der Waals surface area contributed by atoms with Crippen molar-refractivity contribution in [1.82, 2.24) is 9.97 Å². The summed E-state index contributed by atoms with van der Waals surface area (Å²) in [6, 6.07) is 14.4. The third-order valence-corrected chi connectivity index (χ3v) is 2.80. The average Bonchev–Trinajstić information content (AvgIpc) is 2.82. The number of hydrogen-bond acceptors (Lipinski definition) is 2. The molecule has 2 N–H and O–H groups in total. The molecule has 19 heavy (non-hydrogen) atoms. The number of para-hydroxylation sites is 2. The first-order valence-corrected chi connectivity index (χ1v) is 5.53. The van der Waals surface area contributed by atoms with Gasteiger partial charge in [0.1, 0.15) is 5.82 Å². The van der Waals surface area contributed by atoms with Crippen molar-refractivity contribution >= 4 is 17.0 Å². The predicted octanol–water partition coefficient (Wildman–Crippen LogP) is 2.93. The number of carbonyl (C=O) groups is 1. The maximum absolute atomic E-state index is 11.2. The molecular weight excluding hydrogens is 292 g/mol. The molecule has 2 aromatic carbocycles. The quantitative estimate of drug-likeness (QED) is 0.715. The van der Waals surface area contributed by atoms with Gasteiger partial charge in [-0.25, -0.2) is 9.78 Å². The van der Waals surface area contributed by atoms with Crippen molar-refractivity contribution in [3.63, 3.8) is 0 Å². The second-order valence-corrected chi connectivity index (χ2v) is 3.95. The molecule has 0 aliphatic heterocycles. The summed E-state index contributed by atoms with van der Waals surface area (Å²) in [5.41, 5.74) is 2.57. The van der Waals surface area contributed by atoms with Crippen LogP contribution in [0.5, 0.6) is 0 Å². The van der Waals surface area contributed by atoms with Crippen molar-refractivity contribution in [2.45, 2.75) is 0 Å². The van der Waals surface area contributed by atoms with Crippen LogP contribution in [0.4, 0.5) is 0 Å². The summed E-state index contributed by atoms with van der Waals surface area (Å²) in [6.07, 6.45) is 0. The Morgan fingerprint density at radius 3 is 2.47 bits per heavy atom. The molecule has 1 radical (unpaired) electrons. The molecule has 1 heterocycles. The van der Waals surface area contributed by atoms with Crippen LogP contribution in [0.25, 0.3) is 22.4 Å². The summed E-state index contributed by atoms with van der Waals surface area (Å²) >= 11 is 0.